The van der Waals surface area contributed by atoms with Crippen LogP contribution in [-0.2, 0) is 19.4 Å². The molecule has 0 spiro atoms. The molecule has 2 aromatic heterocycles. The van der Waals surface area contributed by atoms with Crippen molar-refractivity contribution in [2.75, 3.05) is 0 Å². The average Bonchev–Trinajstić information content (AvgIpc) is 3.24. The predicted molar refractivity (Wildman–Crippen MR) is 107 cm³/mol. The number of aryl methyl sites for hydroxylation is 2. The molecular formula is C23H21N3O2. The molecule has 1 N–H and O–H groups in total. The molecule has 4 aromatic rings. The van der Waals surface area contributed by atoms with Gasteiger partial charge < -0.3 is 9.63 Å². The number of rotatable bonds is 7. The fourth-order valence-corrected chi connectivity index (χ4v) is 3.04. The molecule has 0 saturated heterocycles. The van der Waals surface area contributed by atoms with Crippen LogP contribution in [0.3, 0.4) is 0 Å². The molecule has 0 bridgehead atoms. The van der Waals surface area contributed by atoms with Gasteiger partial charge in [-0.1, -0.05) is 59.8 Å². The first-order valence-corrected chi connectivity index (χ1v) is 9.35. The first-order chi connectivity index (χ1) is 13.8. The van der Waals surface area contributed by atoms with Crippen molar-refractivity contribution in [2.45, 2.75) is 25.9 Å². The Bertz CT molecular complexity index is 1010. The summed E-state index contributed by atoms with van der Waals surface area (Å²) in [5, 5.41) is 13.2. The third-order valence-electron chi connectivity index (χ3n) is 4.62. The van der Waals surface area contributed by atoms with Crippen molar-refractivity contribution >= 4 is 0 Å². The maximum atomic E-state index is 9.14. The zero-order chi connectivity index (χ0) is 19.2. The highest BCUT2D eigenvalue weighted by molar-refractivity contribution is 5.62. The van der Waals surface area contributed by atoms with Gasteiger partial charge in [0, 0.05) is 18.2 Å². The van der Waals surface area contributed by atoms with E-state index in [1.807, 2.05) is 42.5 Å². The van der Waals surface area contributed by atoms with Crippen molar-refractivity contribution in [3.05, 3.63) is 89.9 Å². The molecule has 0 unspecified atom stereocenters. The van der Waals surface area contributed by atoms with Crippen LogP contribution in [0.5, 0.6) is 0 Å². The lowest BCUT2D eigenvalue weighted by atomic mass is 10.1. The molecule has 2 aromatic carbocycles. The highest BCUT2D eigenvalue weighted by atomic mass is 16.5. The number of benzene rings is 2. The topological polar surface area (TPSA) is 72.0 Å². The average molecular weight is 371 g/mol. The van der Waals surface area contributed by atoms with Gasteiger partial charge in [-0.05, 0) is 36.1 Å². The lowest BCUT2D eigenvalue weighted by Crippen LogP contribution is -1.92. The molecule has 2 heterocycles. The Morgan fingerprint density at radius 1 is 0.786 bits per heavy atom. The molecule has 5 heteroatoms. The van der Waals surface area contributed by atoms with Crippen LogP contribution in [0.1, 0.15) is 23.4 Å². The van der Waals surface area contributed by atoms with Crippen molar-refractivity contribution in [3.63, 3.8) is 0 Å². The van der Waals surface area contributed by atoms with Crippen molar-refractivity contribution in [1.82, 2.24) is 15.1 Å². The smallest absolute Gasteiger partial charge is 0.259 e. The Morgan fingerprint density at radius 2 is 1.57 bits per heavy atom. The van der Waals surface area contributed by atoms with Crippen LogP contribution in [0.25, 0.3) is 22.7 Å². The van der Waals surface area contributed by atoms with Crippen LogP contribution in [0.4, 0.5) is 0 Å². The molecule has 4 rings (SSSR count). The number of aromatic nitrogens is 3. The van der Waals surface area contributed by atoms with Gasteiger partial charge in [0.05, 0.1) is 17.9 Å². The second kappa shape index (κ2) is 8.59. The van der Waals surface area contributed by atoms with E-state index in [1.54, 1.807) is 6.20 Å². The van der Waals surface area contributed by atoms with Crippen molar-refractivity contribution in [3.8, 4) is 22.7 Å². The first kappa shape index (κ1) is 18.1. The fourth-order valence-electron chi connectivity index (χ4n) is 3.04. The Balaban J connectivity index is 1.39. The van der Waals surface area contributed by atoms with E-state index in [-0.39, 0.29) is 6.61 Å². The van der Waals surface area contributed by atoms with Crippen LogP contribution in [-0.4, -0.2) is 20.2 Å². The van der Waals surface area contributed by atoms with Crippen molar-refractivity contribution in [2.24, 2.45) is 0 Å². The monoisotopic (exact) mass is 371 g/mol. The lowest BCUT2D eigenvalue weighted by molar-refractivity contribution is 0.282. The molecule has 0 amide bonds. The van der Waals surface area contributed by atoms with E-state index in [0.29, 0.717) is 5.89 Å². The van der Waals surface area contributed by atoms with E-state index in [0.717, 1.165) is 47.5 Å². The second-order valence-electron chi connectivity index (χ2n) is 6.64. The number of aliphatic hydroxyl groups is 1. The maximum Gasteiger partial charge on any atom is 0.259 e. The fraction of sp³-hybridized carbons (Fsp3) is 0.174. The van der Waals surface area contributed by atoms with E-state index in [1.165, 1.54) is 5.56 Å². The summed E-state index contributed by atoms with van der Waals surface area (Å²) in [6, 6.07) is 22.0. The zero-order valence-corrected chi connectivity index (χ0v) is 15.5. The summed E-state index contributed by atoms with van der Waals surface area (Å²) in [4.78, 5) is 8.99. The molecule has 0 atom stereocenters. The summed E-state index contributed by atoms with van der Waals surface area (Å²) in [5.41, 5.74) is 4.85. The second-order valence-corrected chi connectivity index (χ2v) is 6.64. The van der Waals surface area contributed by atoms with Crippen LogP contribution in [0, 0.1) is 0 Å². The van der Waals surface area contributed by atoms with Crippen LogP contribution >= 0.6 is 0 Å². The minimum atomic E-state index is 0.0392. The van der Waals surface area contributed by atoms with Gasteiger partial charge in [-0.15, -0.1) is 0 Å². The minimum absolute atomic E-state index is 0.0392. The standard InChI is InChI=1S/C23H21N3O2/c27-16-18-9-11-19(12-10-18)21-14-13-20(15-24-21)23-25-22(26-28-23)8-4-7-17-5-2-1-3-6-17/h1-3,5-6,9-15,27H,4,7-8,16H2. The van der Waals surface area contributed by atoms with E-state index in [2.05, 4.69) is 39.4 Å². The number of nitrogens with zero attached hydrogens (tertiary/aromatic N) is 3. The maximum absolute atomic E-state index is 9.14. The summed E-state index contributed by atoms with van der Waals surface area (Å²) >= 11 is 0. The van der Waals surface area contributed by atoms with Crippen LogP contribution in [0.15, 0.2) is 77.4 Å². The molecule has 0 saturated carbocycles. The predicted octanol–water partition coefficient (Wildman–Crippen LogP) is 4.47. The number of pyridine rings is 1. The molecule has 5 nitrogen and oxygen atoms in total. The molecule has 0 aliphatic rings. The van der Waals surface area contributed by atoms with Gasteiger partial charge >= 0.3 is 0 Å². The number of hydrogen-bond donors (Lipinski definition) is 1. The van der Waals surface area contributed by atoms with Gasteiger partial charge in [0.15, 0.2) is 5.82 Å². The summed E-state index contributed by atoms with van der Waals surface area (Å²) in [6.45, 7) is 0.0392. The third kappa shape index (κ3) is 4.32. The Morgan fingerprint density at radius 3 is 2.29 bits per heavy atom. The molecule has 0 radical (unpaired) electrons. The Hall–Kier alpha value is -3.31. The summed E-state index contributed by atoms with van der Waals surface area (Å²) < 4.78 is 5.40. The minimum Gasteiger partial charge on any atom is -0.392 e. The Labute approximate surface area is 163 Å². The van der Waals surface area contributed by atoms with Gasteiger partial charge in [0.25, 0.3) is 5.89 Å². The zero-order valence-electron chi connectivity index (χ0n) is 15.5. The highest BCUT2D eigenvalue weighted by Gasteiger charge is 2.10. The van der Waals surface area contributed by atoms with Gasteiger partial charge in [-0.3, -0.25) is 4.98 Å². The largest absolute Gasteiger partial charge is 0.392 e. The van der Waals surface area contributed by atoms with Gasteiger partial charge in [-0.2, -0.15) is 4.98 Å². The number of aliphatic hydroxyl groups excluding tert-OH is 1. The molecule has 0 fully saturated rings. The molecule has 28 heavy (non-hydrogen) atoms. The molecule has 140 valence electrons. The molecule has 0 aliphatic carbocycles. The van der Waals surface area contributed by atoms with Crippen LogP contribution < -0.4 is 0 Å². The van der Waals surface area contributed by atoms with E-state index in [9.17, 15) is 0 Å². The summed E-state index contributed by atoms with van der Waals surface area (Å²) in [5.74, 6) is 1.21. The SMILES string of the molecule is OCc1ccc(-c2ccc(-c3nc(CCCc4ccccc4)no3)cn2)cc1. The van der Waals surface area contributed by atoms with Crippen molar-refractivity contribution in [1.29, 1.82) is 0 Å². The van der Waals surface area contributed by atoms with Crippen LogP contribution in [0.2, 0.25) is 0 Å². The van der Waals surface area contributed by atoms with Crippen molar-refractivity contribution < 1.29 is 9.63 Å². The van der Waals surface area contributed by atoms with Gasteiger partial charge in [-0.25, -0.2) is 0 Å². The summed E-state index contributed by atoms with van der Waals surface area (Å²) in [6.07, 6.45) is 4.50. The first-order valence-electron chi connectivity index (χ1n) is 9.35. The lowest BCUT2D eigenvalue weighted by Gasteiger charge is -2.02. The van der Waals surface area contributed by atoms with E-state index in [4.69, 9.17) is 9.63 Å². The normalized spacial score (nSPS) is 10.9. The quantitative estimate of drug-likeness (QED) is 0.519. The summed E-state index contributed by atoms with van der Waals surface area (Å²) in [7, 11) is 0. The van der Waals surface area contributed by atoms with E-state index >= 15 is 0 Å². The Kier molecular flexibility index (Phi) is 5.54. The highest BCUT2D eigenvalue weighted by Crippen LogP contribution is 2.22. The molecular weight excluding hydrogens is 350 g/mol. The molecule has 0 aliphatic heterocycles. The van der Waals surface area contributed by atoms with E-state index < -0.39 is 0 Å². The van der Waals surface area contributed by atoms with Gasteiger partial charge in [0.2, 0.25) is 0 Å². The van der Waals surface area contributed by atoms with Gasteiger partial charge in [0.1, 0.15) is 0 Å². The number of hydrogen-bond acceptors (Lipinski definition) is 5. The third-order valence-corrected chi connectivity index (χ3v) is 4.62.